The van der Waals surface area contributed by atoms with Crippen molar-refractivity contribution in [2.24, 2.45) is 5.92 Å². The van der Waals surface area contributed by atoms with Crippen LogP contribution in [0.5, 0.6) is 5.75 Å². The predicted molar refractivity (Wildman–Crippen MR) is 60.3 cm³/mol. The summed E-state index contributed by atoms with van der Waals surface area (Å²) in [7, 11) is 0. The van der Waals surface area contributed by atoms with E-state index in [9.17, 15) is 5.11 Å². The lowest BCUT2D eigenvalue weighted by molar-refractivity contribution is 0.119. The average Bonchev–Trinajstić information content (AvgIpc) is 3.04. The molecule has 1 saturated carbocycles. The second kappa shape index (κ2) is 4.86. The van der Waals surface area contributed by atoms with Gasteiger partial charge < -0.3 is 9.84 Å². The highest BCUT2D eigenvalue weighted by molar-refractivity contribution is 6.32. The molecule has 0 radical (unpaired) electrons. The summed E-state index contributed by atoms with van der Waals surface area (Å²) in [5, 5.41) is 10.2. The van der Waals surface area contributed by atoms with E-state index in [0.29, 0.717) is 29.7 Å². The van der Waals surface area contributed by atoms with Crippen LogP contribution in [0, 0.1) is 5.92 Å². The van der Waals surface area contributed by atoms with E-state index in [1.54, 1.807) is 6.07 Å². The third-order valence-electron chi connectivity index (χ3n) is 2.67. The van der Waals surface area contributed by atoms with Crippen LogP contribution in [0.2, 0.25) is 5.02 Å². The Balaban J connectivity index is 1.75. The summed E-state index contributed by atoms with van der Waals surface area (Å²) in [4.78, 5) is 0. The maximum atomic E-state index is 9.62. The van der Waals surface area contributed by atoms with Crippen LogP contribution in [-0.4, -0.2) is 17.8 Å². The van der Waals surface area contributed by atoms with Crippen molar-refractivity contribution in [3.63, 3.8) is 0 Å². The van der Waals surface area contributed by atoms with Gasteiger partial charge in [0.05, 0.1) is 17.7 Å². The van der Waals surface area contributed by atoms with Gasteiger partial charge in [-0.1, -0.05) is 23.7 Å². The molecule has 2 nitrogen and oxygen atoms in total. The zero-order valence-corrected chi connectivity index (χ0v) is 9.28. The average molecular weight is 227 g/mol. The molecule has 1 atom stereocenters. The molecule has 1 aliphatic carbocycles. The lowest BCUT2D eigenvalue weighted by Crippen LogP contribution is -2.13. The van der Waals surface area contributed by atoms with Crippen molar-refractivity contribution in [2.75, 3.05) is 6.61 Å². The smallest absolute Gasteiger partial charge is 0.137 e. The third kappa shape index (κ3) is 3.11. The molecule has 0 heterocycles. The number of rotatable bonds is 5. The summed E-state index contributed by atoms with van der Waals surface area (Å²) in [6.45, 7) is 0.529. The normalized spacial score (nSPS) is 17.5. The van der Waals surface area contributed by atoms with Gasteiger partial charge in [0.1, 0.15) is 5.75 Å². The van der Waals surface area contributed by atoms with E-state index >= 15 is 0 Å². The molecule has 1 N–H and O–H groups in total. The number of hydrogen-bond donors (Lipinski definition) is 1. The number of aliphatic hydroxyl groups excluding tert-OH is 1. The van der Waals surface area contributed by atoms with Gasteiger partial charge in [-0.15, -0.1) is 0 Å². The van der Waals surface area contributed by atoms with Crippen LogP contribution in [-0.2, 0) is 0 Å². The fourth-order valence-corrected chi connectivity index (χ4v) is 1.76. The van der Waals surface area contributed by atoms with Crippen LogP contribution in [0.25, 0.3) is 0 Å². The molecule has 1 unspecified atom stereocenters. The van der Waals surface area contributed by atoms with Crippen LogP contribution >= 0.6 is 11.6 Å². The van der Waals surface area contributed by atoms with Gasteiger partial charge in [0, 0.05) is 6.42 Å². The number of halogens is 1. The first kappa shape index (κ1) is 10.8. The SMILES string of the molecule is OC(CCOc1ccccc1Cl)C1CC1. The molecule has 1 aromatic rings. The van der Waals surface area contributed by atoms with Crippen molar-refractivity contribution < 1.29 is 9.84 Å². The summed E-state index contributed by atoms with van der Waals surface area (Å²) < 4.78 is 5.49. The van der Waals surface area contributed by atoms with Crippen LogP contribution in [0.1, 0.15) is 19.3 Å². The standard InChI is InChI=1S/C12H15ClO2/c13-10-3-1-2-4-12(10)15-8-7-11(14)9-5-6-9/h1-4,9,11,14H,5-8H2. The van der Waals surface area contributed by atoms with Crippen LogP contribution in [0.15, 0.2) is 24.3 Å². The Hall–Kier alpha value is -0.730. The molecule has 1 fully saturated rings. The Morgan fingerprint density at radius 3 is 2.80 bits per heavy atom. The van der Waals surface area contributed by atoms with Crippen molar-refractivity contribution >= 4 is 11.6 Å². The predicted octanol–water partition coefficient (Wildman–Crippen LogP) is 2.88. The maximum Gasteiger partial charge on any atom is 0.137 e. The second-order valence-corrected chi connectivity index (χ2v) is 4.38. The molecule has 2 rings (SSSR count). The highest BCUT2D eigenvalue weighted by Gasteiger charge is 2.29. The molecule has 82 valence electrons. The fourth-order valence-electron chi connectivity index (χ4n) is 1.57. The Morgan fingerprint density at radius 2 is 2.13 bits per heavy atom. The lowest BCUT2D eigenvalue weighted by Gasteiger charge is -2.11. The molecule has 0 bridgehead atoms. The monoisotopic (exact) mass is 226 g/mol. The third-order valence-corrected chi connectivity index (χ3v) is 2.99. The molecule has 0 saturated heterocycles. The highest BCUT2D eigenvalue weighted by Crippen LogP contribution is 2.34. The summed E-state index contributed by atoms with van der Waals surface area (Å²) in [6, 6.07) is 7.40. The first-order valence-electron chi connectivity index (χ1n) is 5.33. The molecule has 1 aromatic carbocycles. The minimum atomic E-state index is -0.201. The number of hydrogen-bond acceptors (Lipinski definition) is 2. The van der Waals surface area contributed by atoms with Crippen LogP contribution in [0.3, 0.4) is 0 Å². The molecule has 0 aromatic heterocycles. The van der Waals surface area contributed by atoms with Crippen molar-refractivity contribution in [3.05, 3.63) is 29.3 Å². The second-order valence-electron chi connectivity index (χ2n) is 3.97. The molecule has 0 amide bonds. The molecule has 0 aliphatic heterocycles. The first-order chi connectivity index (χ1) is 7.27. The van der Waals surface area contributed by atoms with E-state index in [2.05, 4.69) is 0 Å². The zero-order chi connectivity index (χ0) is 10.7. The van der Waals surface area contributed by atoms with Gasteiger partial charge in [-0.2, -0.15) is 0 Å². The van der Waals surface area contributed by atoms with Crippen molar-refractivity contribution in [1.29, 1.82) is 0 Å². The summed E-state index contributed by atoms with van der Waals surface area (Å²) in [5.74, 6) is 1.21. The van der Waals surface area contributed by atoms with Gasteiger partial charge in [0.15, 0.2) is 0 Å². The summed E-state index contributed by atoms with van der Waals surface area (Å²) in [6.07, 6.45) is 2.81. The van der Waals surface area contributed by atoms with Crippen molar-refractivity contribution in [2.45, 2.75) is 25.4 Å². The molecular formula is C12H15ClO2. The number of aliphatic hydroxyl groups is 1. The molecule has 1 aliphatic rings. The van der Waals surface area contributed by atoms with E-state index in [4.69, 9.17) is 16.3 Å². The van der Waals surface area contributed by atoms with Crippen LogP contribution in [0.4, 0.5) is 0 Å². The van der Waals surface area contributed by atoms with E-state index in [1.165, 1.54) is 0 Å². The Bertz CT molecular complexity index is 323. The topological polar surface area (TPSA) is 29.5 Å². The number of ether oxygens (including phenoxy) is 1. The number of benzene rings is 1. The summed E-state index contributed by atoms with van der Waals surface area (Å²) in [5.41, 5.74) is 0. The molecular weight excluding hydrogens is 212 g/mol. The van der Waals surface area contributed by atoms with E-state index in [0.717, 1.165) is 12.8 Å². The quantitative estimate of drug-likeness (QED) is 0.837. The largest absolute Gasteiger partial charge is 0.492 e. The van der Waals surface area contributed by atoms with E-state index in [1.807, 2.05) is 18.2 Å². The van der Waals surface area contributed by atoms with Gasteiger partial charge in [-0.05, 0) is 30.9 Å². The lowest BCUT2D eigenvalue weighted by atomic mass is 10.2. The molecule has 0 spiro atoms. The Morgan fingerprint density at radius 1 is 1.40 bits per heavy atom. The molecule has 15 heavy (non-hydrogen) atoms. The van der Waals surface area contributed by atoms with Gasteiger partial charge in [0.25, 0.3) is 0 Å². The van der Waals surface area contributed by atoms with Crippen LogP contribution < -0.4 is 4.74 Å². The van der Waals surface area contributed by atoms with Crippen molar-refractivity contribution in [1.82, 2.24) is 0 Å². The fraction of sp³-hybridized carbons (Fsp3) is 0.500. The maximum absolute atomic E-state index is 9.62. The van der Waals surface area contributed by atoms with Gasteiger partial charge in [-0.25, -0.2) is 0 Å². The highest BCUT2D eigenvalue weighted by atomic mass is 35.5. The Labute approximate surface area is 94.8 Å². The summed E-state index contributed by atoms with van der Waals surface area (Å²) >= 11 is 5.93. The van der Waals surface area contributed by atoms with Gasteiger partial charge >= 0.3 is 0 Å². The van der Waals surface area contributed by atoms with E-state index in [-0.39, 0.29) is 6.10 Å². The first-order valence-corrected chi connectivity index (χ1v) is 5.70. The Kier molecular flexibility index (Phi) is 3.49. The zero-order valence-electron chi connectivity index (χ0n) is 8.53. The molecule has 3 heteroatoms. The van der Waals surface area contributed by atoms with Gasteiger partial charge in [0.2, 0.25) is 0 Å². The minimum Gasteiger partial charge on any atom is -0.492 e. The minimum absolute atomic E-state index is 0.201. The van der Waals surface area contributed by atoms with E-state index < -0.39 is 0 Å². The number of para-hydroxylation sites is 1. The van der Waals surface area contributed by atoms with Crippen molar-refractivity contribution in [3.8, 4) is 5.75 Å². The van der Waals surface area contributed by atoms with Gasteiger partial charge in [-0.3, -0.25) is 0 Å².